The van der Waals surface area contributed by atoms with Crippen LogP contribution in [0.25, 0.3) is 0 Å². The standard InChI is InChI=1S/C18H20BrNO/c1-12-5-3-4-6-17(12)13(2)20-11-15-10-16(19)9-14-7-8-21-18(14)15/h3-6,9-10,13,20H,7-8,11H2,1-2H3/t13-/m0/s1. The molecule has 1 aliphatic rings. The summed E-state index contributed by atoms with van der Waals surface area (Å²) in [4.78, 5) is 0. The van der Waals surface area contributed by atoms with Crippen molar-refractivity contribution in [2.45, 2.75) is 32.9 Å². The van der Waals surface area contributed by atoms with E-state index in [4.69, 9.17) is 4.74 Å². The van der Waals surface area contributed by atoms with Crippen LogP contribution in [0.5, 0.6) is 5.75 Å². The lowest BCUT2D eigenvalue weighted by Crippen LogP contribution is -2.19. The summed E-state index contributed by atoms with van der Waals surface area (Å²) >= 11 is 3.60. The van der Waals surface area contributed by atoms with Crippen molar-refractivity contribution in [1.29, 1.82) is 0 Å². The molecule has 2 nitrogen and oxygen atoms in total. The molecule has 0 bridgehead atoms. The van der Waals surface area contributed by atoms with Gasteiger partial charge in [-0.25, -0.2) is 0 Å². The van der Waals surface area contributed by atoms with Gasteiger partial charge >= 0.3 is 0 Å². The highest BCUT2D eigenvalue weighted by molar-refractivity contribution is 9.10. The molecule has 0 amide bonds. The summed E-state index contributed by atoms with van der Waals surface area (Å²) in [6.45, 7) is 5.98. The highest BCUT2D eigenvalue weighted by Crippen LogP contribution is 2.33. The van der Waals surface area contributed by atoms with E-state index in [1.54, 1.807) is 0 Å². The number of ether oxygens (including phenoxy) is 1. The second kappa shape index (κ2) is 6.20. The fourth-order valence-corrected chi connectivity index (χ4v) is 3.48. The minimum Gasteiger partial charge on any atom is -0.493 e. The molecule has 0 fully saturated rings. The average molecular weight is 346 g/mol. The van der Waals surface area contributed by atoms with Crippen LogP contribution in [-0.4, -0.2) is 6.61 Å². The Balaban J connectivity index is 1.75. The zero-order valence-electron chi connectivity index (χ0n) is 12.4. The van der Waals surface area contributed by atoms with E-state index in [9.17, 15) is 0 Å². The van der Waals surface area contributed by atoms with Crippen molar-refractivity contribution in [3.8, 4) is 5.75 Å². The highest BCUT2D eigenvalue weighted by Gasteiger charge is 2.18. The Morgan fingerprint density at radius 2 is 2.10 bits per heavy atom. The Morgan fingerprint density at radius 3 is 2.90 bits per heavy atom. The normalized spacial score (nSPS) is 14.6. The van der Waals surface area contributed by atoms with E-state index in [2.05, 4.69) is 71.5 Å². The molecule has 1 atom stereocenters. The lowest BCUT2D eigenvalue weighted by Gasteiger charge is -2.18. The Morgan fingerprint density at radius 1 is 1.29 bits per heavy atom. The summed E-state index contributed by atoms with van der Waals surface area (Å²) < 4.78 is 6.92. The topological polar surface area (TPSA) is 21.3 Å². The van der Waals surface area contributed by atoms with E-state index in [0.717, 1.165) is 29.8 Å². The maximum Gasteiger partial charge on any atom is 0.127 e. The molecule has 0 aliphatic carbocycles. The Hall–Kier alpha value is -1.32. The van der Waals surface area contributed by atoms with Gasteiger partial charge in [-0.05, 0) is 42.7 Å². The second-order valence-electron chi connectivity index (χ2n) is 5.61. The molecular formula is C18H20BrNO. The Kier molecular flexibility index (Phi) is 4.32. The van der Waals surface area contributed by atoms with E-state index >= 15 is 0 Å². The molecule has 0 aromatic heterocycles. The van der Waals surface area contributed by atoms with Crippen LogP contribution in [0, 0.1) is 6.92 Å². The predicted octanol–water partition coefficient (Wildman–Crippen LogP) is 4.54. The summed E-state index contributed by atoms with van der Waals surface area (Å²) in [5.41, 5.74) is 5.22. The summed E-state index contributed by atoms with van der Waals surface area (Å²) in [5, 5.41) is 3.61. The molecule has 0 saturated carbocycles. The van der Waals surface area contributed by atoms with Crippen molar-refractivity contribution in [3.05, 3.63) is 63.1 Å². The third-order valence-corrected chi connectivity index (χ3v) is 4.54. The van der Waals surface area contributed by atoms with E-state index in [0.29, 0.717) is 6.04 Å². The molecule has 21 heavy (non-hydrogen) atoms. The Labute approximate surface area is 134 Å². The molecular weight excluding hydrogens is 326 g/mol. The molecule has 0 spiro atoms. The molecule has 0 radical (unpaired) electrons. The van der Waals surface area contributed by atoms with Crippen molar-refractivity contribution < 1.29 is 4.74 Å². The molecule has 1 aliphatic heterocycles. The lowest BCUT2D eigenvalue weighted by molar-refractivity contribution is 0.351. The number of benzene rings is 2. The van der Waals surface area contributed by atoms with Crippen LogP contribution in [0.15, 0.2) is 40.9 Å². The third-order valence-electron chi connectivity index (χ3n) is 4.08. The monoisotopic (exact) mass is 345 g/mol. The van der Waals surface area contributed by atoms with E-state index in [1.165, 1.54) is 22.3 Å². The first-order valence-electron chi connectivity index (χ1n) is 7.38. The average Bonchev–Trinajstić information content (AvgIpc) is 2.93. The Bertz CT molecular complexity index is 654. The summed E-state index contributed by atoms with van der Waals surface area (Å²) in [6.07, 6.45) is 1.01. The first kappa shape index (κ1) is 14.6. The van der Waals surface area contributed by atoms with Gasteiger partial charge in [-0.3, -0.25) is 0 Å². The smallest absolute Gasteiger partial charge is 0.127 e. The number of halogens is 1. The van der Waals surface area contributed by atoms with Crippen LogP contribution < -0.4 is 10.1 Å². The predicted molar refractivity (Wildman–Crippen MR) is 89.8 cm³/mol. The molecule has 3 rings (SSSR count). The highest BCUT2D eigenvalue weighted by atomic mass is 79.9. The van der Waals surface area contributed by atoms with Crippen LogP contribution in [0.1, 0.15) is 35.2 Å². The van der Waals surface area contributed by atoms with Crippen molar-refractivity contribution in [2.24, 2.45) is 0 Å². The number of hydrogen-bond donors (Lipinski definition) is 1. The maximum atomic E-state index is 5.79. The fraction of sp³-hybridized carbons (Fsp3) is 0.333. The SMILES string of the molecule is Cc1ccccc1[C@H](C)NCc1cc(Br)cc2c1OCC2. The number of hydrogen-bond acceptors (Lipinski definition) is 2. The first-order chi connectivity index (χ1) is 10.1. The first-order valence-corrected chi connectivity index (χ1v) is 8.17. The van der Waals surface area contributed by atoms with Crippen LogP contribution in [0.3, 0.4) is 0 Å². The van der Waals surface area contributed by atoms with Crippen molar-refractivity contribution in [1.82, 2.24) is 5.32 Å². The number of aryl methyl sites for hydroxylation is 1. The van der Waals surface area contributed by atoms with Crippen LogP contribution in [0.2, 0.25) is 0 Å². The molecule has 2 aromatic rings. The van der Waals surface area contributed by atoms with Gasteiger partial charge in [-0.1, -0.05) is 40.2 Å². The molecule has 110 valence electrons. The maximum absolute atomic E-state index is 5.79. The number of fused-ring (bicyclic) bond motifs is 1. The largest absolute Gasteiger partial charge is 0.493 e. The fourth-order valence-electron chi connectivity index (χ4n) is 2.92. The van der Waals surface area contributed by atoms with Crippen LogP contribution >= 0.6 is 15.9 Å². The molecule has 1 heterocycles. The van der Waals surface area contributed by atoms with Gasteiger partial charge in [-0.2, -0.15) is 0 Å². The summed E-state index contributed by atoms with van der Waals surface area (Å²) in [7, 11) is 0. The van der Waals surface area contributed by atoms with Crippen LogP contribution in [0.4, 0.5) is 0 Å². The number of nitrogens with one attached hydrogen (secondary N) is 1. The van der Waals surface area contributed by atoms with E-state index in [-0.39, 0.29) is 0 Å². The van der Waals surface area contributed by atoms with Gasteiger partial charge < -0.3 is 10.1 Å². The zero-order chi connectivity index (χ0) is 14.8. The summed E-state index contributed by atoms with van der Waals surface area (Å²) in [6, 6.07) is 13.2. The molecule has 0 saturated heterocycles. The van der Waals surface area contributed by atoms with Gasteiger partial charge in [0.05, 0.1) is 6.61 Å². The van der Waals surface area contributed by atoms with Gasteiger partial charge in [0, 0.05) is 29.0 Å². The molecule has 3 heteroatoms. The van der Waals surface area contributed by atoms with E-state index < -0.39 is 0 Å². The van der Waals surface area contributed by atoms with Gasteiger partial charge in [0.25, 0.3) is 0 Å². The molecule has 0 unspecified atom stereocenters. The third kappa shape index (κ3) is 3.14. The lowest BCUT2D eigenvalue weighted by atomic mass is 10.0. The minimum absolute atomic E-state index is 0.322. The van der Waals surface area contributed by atoms with Gasteiger partial charge in [0.15, 0.2) is 0 Å². The van der Waals surface area contributed by atoms with Gasteiger partial charge in [-0.15, -0.1) is 0 Å². The molecule has 1 N–H and O–H groups in total. The summed E-state index contributed by atoms with van der Waals surface area (Å²) in [5.74, 6) is 1.07. The quantitative estimate of drug-likeness (QED) is 0.877. The van der Waals surface area contributed by atoms with Gasteiger partial charge in [0.1, 0.15) is 5.75 Å². The van der Waals surface area contributed by atoms with E-state index in [1.807, 2.05) is 0 Å². The van der Waals surface area contributed by atoms with Crippen molar-refractivity contribution >= 4 is 15.9 Å². The number of rotatable bonds is 4. The van der Waals surface area contributed by atoms with Gasteiger partial charge in [0.2, 0.25) is 0 Å². The zero-order valence-corrected chi connectivity index (χ0v) is 14.0. The van der Waals surface area contributed by atoms with Crippen LogP contribution in [-0.2, 0) is 13.0 Å². The van der Waals surface area contributed by atoms with Crippen molar-refractivity contribution in [2.75, 3.05) is 6.61 Å². The second-order valence-corrected chi connectivity index (χ2v) is 6.53. The molecule has 2 aromatic carbocycles. The minimum atomic E-state index is 0.322. The van der Waals surface area contributed by atoms with Crippen molar-refractivity contribution in [3.63, 3.8) is 0 Å².